The summed E-state index contributed by atoms with van der Waals surface area (Å²) in [6, 6.07) is 0.0595. The third-order valence-corrected chi connectivity index (χ3v) is 3.56. The van der Waals surface area contributed by atoms with Crippen molar-refractivity contribution in [3.63, 3.8) is 0 Å². The van der Waals surface area contributed by atoms with E-state index in [0.29, 0.717) is 13.0 Å². The Morgan fingerprint density at radius 1 is 1.52 bits per heavy atom. The summed E-state index contributed by atoms with van der Waals surface area (Å²) < 4.78 is 7.36. The highest BCUT2D eigenvalue weighted by atomic mass is 16.6. The van der Waals surface area contributed by atoms with Gasteiger partial charge in [0.25, 0.3) is 0 Å². The summed E-state index contributed by atoms with van der Waals surface area (Å²) in [7, 11) is 0. The van der Waals surface area contributed by atoms with Crippen LogP contribution >= 0.6 is 0 Å². The number of nitrogens with one attached hydrogen (secondary N) is 1. The molecule has 1 heterocycles. The molecule has 118 valence electrons. The number of rotatable bonds is 3. The second-order valence-corrected chi connectivity index (χ2v) is 6.51. The SMILES string of the molecule is Cc1nc2c(n1CCO)CCC(NC(=O)OC(C)(C)C)C2. The lowest BCUT2D eigenvalue weighted by atomic mass is 9.96. The maximum absolute atomic E-state index is 11.8. The summed E-state index contributed by atoms with van der Waals surface area (Å²) in [6.07, 6.45) is 2.07. The highest BCUT2D eigenvalue weighted by Crippen LogP contribution is 2.22. The van der Waals surface area contributed by atoms with Gasteiger partial charge in [-0.05, 0) is 40.5 Å². The lowest BCUT2D eigenvalue weighted by Gasteiger charge is -2.26. The maximum Gasteiger partial charge on any atom is 0.407 e. The van der Waals surface area contributed by atoms with Gasteiger partial charge in [-0.25, -0.2) is 9.78 Å². The minimum atomic E-state index is -0.483. The molecule has 0 radical (unpaired) electrons. The molecule has 1 atom stereocenters. The van der Waals surface area contributed by atoms with Crippen LogP contribution in [0.1, 0.15) is 44.4 Å². The van der Waals surface area contributed by atoms with Crippen molar-refractivity contribution in [2.45, 2.75) is 65.1 Å². The zero-order chi connectivity index (χ0) is 15.6. The lowest BCUT2D eigenvalue weighted by molar-refractivity contribution is 0.0500. The molecule has 1 unspecified atom stereocenters. The molecule has 0 saturated heterocycles. The second-order valence-electron chi connectivity index (χ2n) is 6.51. The molecule has 6 heteroatoms. The number of carbonyl (C=O) groups is 1. The van der Waals surface area contributed by atoms with Gasteiger partial charge in [0.1, 0.15) is 11.4 Å². The Kier molecular flexibility index (Phi) is 4.56. The molecular weight excluding hydrogens is 270 g/mol. The first kappa shape index (κ1) is 15.8. The molecule has 1 aliphatic carbocycles. The van der Waals surface area contributed by atoms with Crippen LogP contribution in [0.2, 0.25) is 0 Å². The Morgan fingerprint density at radius 2 is 2.24 bits per heavy atom. The molecule has 0 bridgehead atoms. The molecule has 2 N–H and O–H groups in total. The van der Waals surface area contributed by atoms with Crippen LogP contribution in [0.3, 0.4) is 0 Å². The molecule has 6 nitrogen and oxygen atoms in total. The number of aromatic nitrogens is 2. The summed E-state index contributed by atoms with van der Waals surface area (Å²) in [6.45, 7) is 8.20. The Hall–Kier alpha value is -1.56. The van der Waals surface area contributed by atoms with E-state index in [0.717, 1.165) is 24.4 Å². The predicted octanol–water partition coefficient (Wildman–Crippen LogP) is 1.57. The van der Waals surface area contributed by atoms with Crippen LogP contribution in [0.25, 0.3) is 0 Å². The third kappa shape index (κ3) is 3.97. The summed E-state index contributed by atoms with van der Waals surface area (Å²) in [5.41, 5.74) is 1.72. The highest BCUT2D eigenvalue weighted by Gasteiger charge is 2.26. The van der Waals surface area contributed by atoms with Gasteiger partial charge in [0.05, 0.1) is 12.3 Å². The van der Waals surface area contributed by atoms with Crippen LogP contribution in [-0.2, 0) is 24.1 Å². The van der Waals surface area contributed by atoms with Gasteiger partial charge in [-0.2, -0.15) is 0 Å². The molecule has 0 fully saturated rings. The first-order valence-corrected chi connectivity index (χ1v) is 7.45. The number of nitrogens with zero attached hydrogens (tertiary/aromatic N) is 2. The first-order valence-electron chi connectivity index (χ1n) is 7.45. The monoisotopic (exact) mass is 295 g/mol. The van der Waals surface area contributed by atoms with Gasteiger partial charge in [0.15, 0.2) is 0 Å². The van der Waals surface area contributed by atoms with Gasteiger partial charge in [0.2, 0.25) is 0 Å². The summed E-state index contributed by atoms with van der Waals surface area (Å²) in [4.78, 5) is 16.4. The molecule has 1 aromatic heterocycles. The van der Waals surface area contributed by atoms with Gasteiger partial charge < -0.3 is 19.7 Å². The van der Waals surface area contributed by atoms with Crippen molar-refractivity contribution in [1.82, 2.24) is 14.9 Å². The van der Waals surface area contributed by atoms with Crippen LogP contribution in [-0.4, -0.2) is 39.0 Å². The van der Waals surface area contributed by atoms with Crippen LogP contribution in [0, 0.1) is 6.92 Å². The summed E-state index contributed by atoms with van der Waals surface area (Å²) in [5.74, 6) is 0.923. The summed E-state index contributed by atoms with van der Waals surface area (Å²) >= 11 is 0. The molecule has 1 aliphatic rings. The number of alkyl carbamates (subject to hydrolysis) is 1. The standard InChI is InChI=1S/C15H25N3O3/c1-10-16-12-9-11(17-14(20)21-15(2,3)4)5-6-13(12)18(10)7-8-19/h11,19H,5-9H2,1-4H3,(H,17,20). The summed E-state index contributed by atoms with van der Waals surface area (Å²) in [5, 5.41) is 12.0. The van der Waals surface area contributed by atoms with E-state index in [1.807, 2.05) is 27.7 Å². The molecule has 2 rings (SSSR count). The number of carbonyl (C=O) groups excluding carboxylic acids is 1. The number of aryl methyl sites for hydroxylation is 1. The van der Waals surface area contributed by atoms with Crippen LogP contribution < -0.4 is 5.32 Å². The van der Waals surface area contributed by atoms with Gasteiger partial charge in [-0.1, -0.05) is 0 Å². The van der Waals surface area contributed by atoms with Crippen LogP contribution in [0.4, 0.5) is 4.79 Å². The number of aliphatic hydroxyl groups is 1. The quantitative estimate of drug-likeness (QED) is 0.887. The zero-order valence-electron chi connectivity index (χ0n) is 13.3. The van der Waals surface area contributed by atoms with Gasteiger partial charge in [-0.15, -0.1) is 0 Å². The van der Waals surface area contributed by atoms with E-state index in [2.05, 4.69) is 14.9 Å². The topological polar surface area (TPSA) is 76.4 Å². The van der Waals surface area contributed by atoms with Crippen molar-refractivity contribution < 1.29 is 14.6 Å². The molecule has 0 aromatic carbocycles. The molecule has 0 spiro atoms. The fourth-order valence-corrected chi connectivity index (χ4v) is 2.75. The Bertz CT molecular complexity index is 517. The Labute approximate surface area is 125 Å². The van der Waals surface area contributed by atoms with Crippen LogP contribution in [0.5, 0.6) is 0 Å². The van der Waals surface area contributed by atoms with Crippen molar-refractivity contribution in [3.05, 3.63) is 17.2 Å². The number of hydrogen-bond acceptors (Lipinski definition) is 4. The van der Waals surface area contributed by atoms with E-state index in [1.165, 1.54) is 5.69 Å². The molecule has 0 saturated carbocycles. The third-order valence-electron chi connectivity index (χ3n) is 3.56. The number of imidazole rings is 1. The smallest absolute Gasteiger partial charge is 0.407 e. The number of ether oxygens (including phenoxy) is 1. The first-order chi connectivity index (χ1) is 9.80. The normalized spacial score (nSPS) is 18.2. The number of aliphatic hydroxyl groups excluding tert-OH is 1. The fraction of sp³-hybridized carbons (Fsp3) is 0.733. The van der Waals surface area contributed by atoms with Crippen molar-refractivity contribution in [2.75, 3.05) is 6.61 Å². The highest BCUT2D eigenvalue weighted by molar-refractivity contribution is 5.68. The van der Waals surface area contributed by atoms with E-state index in [4.69, 9.17) is 9.84 Å². The van der Waals surface area contributed by atoms with E-state index in [1.54, 1.807) is 0 Å². The van der Waals surface area contributed by atoms with E-state index in [-0.39, 0.29) is 18.7 Å². The average molecular weight is 295 g/mol. The van der Waals surface area contributed by atoms with Crippen molar-refractivity contribution in [3.8, 4) is 0 Å². The average Bonchev–Trinajstić information content (AvgIpc) is 2.63. The minimum absolute atomic E-state index is 0.0595. The van der Waals surface area contributed by atoms with Crippen LogP contribution in [0.15, 0.2) is 0 Å². The molecule has 1 aromatic rings. The van der Waals surface area contributed by atoms with Crippen molar-refractivity contribution in [1.29, 1.82) is 0 Å². The predicted molar refractivity (Wildman–Crippen MR) is 79.2 cm³/mol. The number of hydrogen-bond donors (Lipinski definition) is 2. The number of fused-ring (bicyclic) bond motifs is 1. The molecule has 21 heavy (non-hydrogen) atoms. The zero-order valence-corrected chi connectivity index (χ0v) is 13.3. The Morgan fingerprint density at radius 3 is 2.86 bits per heavy atom. The number of amides is 1. The van der Waals surface area contributed by atoms with Gasteiger partial charge in [0, 0.05) is 24.7 Å². The van der Waals surface area contributed by atoms with E-state index < -0.39 is 5.60 Å². The van der Waals surface area contributed by atoms with E-state index in [9.17, 15) is 4.79 Å². The second kappa shape index (κ2) is 6.05. The van der Waals surface area contributed by atoms with Crippen molar-refractivity contribution >= 4 is 6.09 Å². The molecule has 0 aliphatic heterocycles. The fourth-order valence-electron chi connectivity index (χ4n) is 2.75. The molecule has 1 amide bonds. The Balaban J connectivity index is 2.00. The maximum atomic E-state index is 11.8. The minimum Gasteiger partial charge on any atom is -0.444 e. The molecular formula is C15H25N3O3. The largest absolute Gasteiger partial charge is 0.444 e. The van der Waals surface area contributed by atoms with Gasteiger partial charge >= 0.3 is 6.09 Å². The lowest BCUT2D eigenvalue weighted by Crippen LogP contribution is -2.42. The van der Waals surface area contributed by atoms with E-state index >= 15 is 0 Å². The van der Waals surface area contributed by atoms with Gasteiger partial charge in [-0.3, -0.25) is 0 Å². The van der Waals surface area contributed by atoms with Crippen molar-refractivity contribution in [2.24, 2.45) is 0 Å².